The highest BCUT2D eigenvalue weighted by Gasteiger charge is 2.18. The summed E-state index contributed by atoms with van der Waals surface area (Å²) in [5.74, 6) is 0. The molecule has 5 aromatic heterocycles. The molecule has 0 aromatic carbocycles. The van der Waals surface area contributed by atoms with Crippen molar-refractivity contribution in [2.75, 3.05) is 0 Å². The minimum Gasteiger partial charge on any atom is -0.143 e. The fourth-order valence-electron chi connectivity index (χ4n) is 3.79. The van der Waals surface area contributed by atoms with Gasteiger partial charge in [0.25, 0.3) is 0 Å². The Labute approximate surface area is 192 Å². The molecule has 0 nitrogen and oxygen atoms in total. The third-order valence-electron chi connectivity index (χ3n) is 5.36. The summed E-state index contributed by atoms with van der Waals surface area (Å²) in [5, 5.41) is 4.53. The van der Waals surface area contributed by atoms with Crippen molar-refractivity contribution in [3.63, 3.8) is 0 Å². The number of rotatable bonds is 8. The largest absolute Gasteiger partial charge is 0.143 e. The third-order valence-corrected chi connectivity index (χ3v) is 11.4. The first-order chi connectivity index (χ1) is 14.3. The topological polar surface area (TPSA) is 0 Å². The lowest BCUT2D eigenvalue weighted by atomic mass is 10.1. The van der Waals surface area contributed by atoms with Crippen molar-refractivity contribution in [2.45, 2.75) is 52.4 Å². The fraction of sp³-hybridized carbons (Fsp3) is 0.333. The summed E-state index contributed by atoms with van der Waals surface area (Å²) in [6, 6.07) is 9.54. The van der Waals surface area contributed by atoms with Gasteiger partial charge in [-0.25, -0.2) is 0 Å². The molecule has 150 valence electrons. The fourth-order valence-corrected chi connectivity index (χ4v) is 10.0. The van der Waals surface area contributed by atoms with Crippen LogP contribution in [0, 0.1) is 0 Å². The first-order valence-electron chi connectivity index (χ1n) is 10.4. The Morgan fingerprint density at radius 3 is 1.59 bits per heavy atom. The van der Waals surface area contributed by atoms with Crippen LogP contribution in [0.4, 0.5) is 0 Å². The number of fused-ring (bicyclic) bond motifs is 3. The Balaban J connectivity index is 1.52. The highest BCUT2D eigenvalue weighted by molar-refractivity contribution is 7.41. The van der Waals surface area contributed by atoms with Gasteiger partial charge in [-0.1, -0.05) is 26.7 Å². The molecule has 0 spiro atoms. The van der Waals surface area contributed by atoms with Crippen LogP contribution in [0.1, 0.15) is 50.7 Å². The number of unbranched alkanes of at least 4 members (excludes halogenated alkanes) is 2. The average molecular weight is 473 g/mol. The van der Waals surface area contributed by atoms with Gasteiger partial charge in [-0.3, -0.25) is 0 Å². The van der Waals surface area contributed by atoms with Gasteiger partial charge in [-0.15, -0.1) is 56.7 Å². The molecule has 0 radical (unpaired) electrons. The van der Waals surface area contributed by atoms with Crippen LogP contribution < -0.4 is 0 Å². The normalized spacial score (nSPS) is 11.9. The molecule has 5 heterocycles. The summed E-state index contributed by atoms with van der Waals surface area (Å²) in [6.45, 7) is 4.55. The first-order valence-corrected chi connectivity index (χ1v) is 14.6. The van der Waals surface area contributed by atoms with E-state index >= 15 is 0 Å². The number of aryl methyl sites for hydroxylation is 2. The molecule has 29 heavy (non-hydrogen) atoms. The molecule has 0 saturated carbocycles. The van der Waals surface area contributed by atoms with Crippen LogP contribution >= 0.6 is 56.7 Å². The molecule has 5 rings (SSSR count). The molecule has 0 aliphatic heterocycles. The van der Waals surface area contributed by atoms with Crippen molar-refractivity contribution < 1.29 is 0 Å². The Bertz CT molecular complexity index is 1140. The number of hydrogen-bond acceptors (Lipinski definition) is 5. The van der Waals surface area contributed by atoms with Crippen LogP contribution in [0.25, 0.3) is 38.3 Å². The van der Waals surface area contributed by atoms with Gasteiger partial charge in [0.2, 0.25) is 0 Å². The van der Waals surface area contributed by atoms with Crippen molar-refractivity contribution in [3.05, 3.63) is 46.2 Å². The lowest BCUT2D eigenvalue weighted by molar-refractivity contribution is 0.798. The third kappa shape index (κ3) is 3.77. The zero-order valence-electron chi connectivity index (χ0n) is 16.7. The van der Waals surface area contributed by atoms with Gasteiger partial charge in [-0.2, -0.15) is 0 Å². The van der Waals surface area contributed by atoms with Crippen molar-refractivity contribution in [1.82, 2.24) is 0 Å². The van der Waals surface area contributed by atoms with Crippen LogP contribution in [0.2, 0.25) is 0 Å². The monoisotopic (exact) mass is 472 g/mol. The minimum absolute atomic E-state index is 1.21. The van der Waals surface area contributed by atoms with Gasteiger partial charge >= 0.3 is 0 Å². The first kappa shape index (κ1) is 20.0. The van der Waals surface area contributed by atoms with E-state index in [4.69, 9.17) is 0 Å². The van der Waals surface area contributed by atoms with E-state index in [1.165, 1.54) is 88.0 Å². The Morgan fingerprint density at radius 2 is 1.14 bits per heavy atom. The summed E-state index contributed by atoms with van der Waals surface area (Å²) in [4.78, 5) is 5.92. The molecule has 0 N–H and O–H groups in total. The summed E-state index contributed by atoms with van der Waals surface area (Å²) >= 11 is 9.80. The zero-order chi connectivity index (χ0) is 19.8. The van der Waals surface area contributed by atoms with E-state index in [9.17, 15) is 0 Å². The van der Waals surface area contributed by atoms with Crippen molar-refractivity contribution >= 4 is 75.5 Å². The summed E-state index contributed by atoms with van der Waals surface area (Å²) in [6.07, 6.45) is 7.50. The van der Waals surface area contributed by atoms with E-state index in [-0.39, 0.29) is 0 Å². The van der Waals surface area contributed by atoms with Crippen LogP contribution in [0.5, 0.6) is 0 Å². The van der Waals surface area contributed by atoms with Crippen molar-refractivity contribution in [1.29, 1.82) is 0 Å². The Morgan fingerprint density at radius 1 is 0.655 bits per heavy atom. The van der Waals surface area contributed by atoms with Gasteiger partial charge in [0, 0.05) is 28.9 Å². The van der Waals surface area contributed by atoms with Gasteiger partial charge in [0.15, 0.2) is 0 Å². The molecule has 0 unspecified atom stereocenters. The average Bonchev–Trinajstić information content (AvgIpc) is 3.50. The van der Waals surface area contributed by atoms with Crippen LogP contribution in [0.15, 0.2) is 35.0 Å². The van der Waals surface area contributed by atoms with Gasteiger partial charge in [0.05, 0.1) is 9.40 Å². The van der Waals surface area contributed by atoms with E-state index in [0.29, 0.717) is 0 Å². The molecule has 0 saturated heterocycles. The van der Waals surface area contributed by atoms with Gasteiger partial charge in [0.1, 0.15) is 0 Å². The van der Waals surface area contributed by atoms with E-state index in [1.54, 1.807) is 0 Å². The lowest BCUT2D eigenvalue weighted by Gasteiger charge is -2.00. The molecule has 0 bridgehead atoms. The van der Waals surface area contributed by atoms with E-state index < -0.39 is 0 Å². The standard InChI is InChI=1S/C24H24S5/c1-3-5-7-15-9-11-25-21(15)17-13-19-23(28-17)24-20(27-19)14-18(29-24)22-16(8-6-4-2)10-12-26-22/h9-14H,3-8H2,1-2H3. The predicted molar refractivity (Wildman–Crippen MR) is 139 cm³/mol. The second-order valence-corrected chi connectivity index (χ2v) is 12.5. The number of thiophene rings is 5. The summed E-state index contributed by atoms with van der Waals surface area (Å²) in [7, 11) is 0. The van der Waals surface area contributed by atoms with Crippen LogP contribution in [-0.4, -0.2) is 0 Å². The zero-order valence-corrected chi connectivity index (χ0v) is 20.8. The molecule has 0 fully saturated rings. The molecule has 5 heteroatoms. The van der Waals surface area contributed by atoms with Gasteiger partial charge < -0.3 is 0 Å². The van der Waals surface area contributed by atoms with Crippen molar-refractivity contribution in [3.8, 4) is 19.5 Å². The second-order valence-electron chi connectivity index (χ2n) is 7.47. The Kier molecular flexibility index (Phi) is 5.94. The van der Waals surface area contributed by atoms with Crippen LogP contribution in [-0.2, 0) is 12.8 Å². The smallest absolute Gasteiger partial charge is 0.0636 e. The Hall–Kier alpha value is -0.980. The molecule has 0 amide bonds. The highest BCUT2D eigenvalue weighted by Crippen LogP contribution is 2.50. The number of hydrogen-bond donors (Lipinski definition) is 0. The molecule has 5 aromatic rings. The maximum atomic E-state index is 2.44. The molecule has 0 aliphatic rings. The second kappa shape index (κ2) is 8.64. The van der Waals surface area contributed by atoms with Gasteiger partial charge in [-0.05, 0) is 71.8 Å². The highest BCUT2D eigenvalue weighted by atomic mass is 32.1. The molecular formula is C24H24S5. The van der Waals surface area contributed by atoms with E-state index in [0.717, 1.165) is 0 Å². The molecular weight excluding hydrogens is 449 g/mol. The minimum atomic E-state index is 1.21. The summed E-state index contributed by atoms with van der Waals surface area (Å²) < 4.78 is 5.92. The SMILES string of the molecule is CCCCc1ccsc1-c1cc2sc3cc(-c4sccc4CCCC)sc3c2s1. The van der Waals surface area contributed by atoms with Crippen LogP contribution in [0.3, 0.4) is 0 Å². The van der Waals surface area contributed by atoms with Crippen molar-refractivity contribution in [2.24, 2.45) is 0 Å². The molecule has 0 atom stereocenters. The van der Waals surface area contributed by atoms with E-state index in [1.807, 2.05) is 56.7 Å². The maximum Gasteiger partial charge on any atom is 0.0636 e. The lowest BCUT2D eigenvalue weighted by Crippen LogP contribution is -1.82. The quantitative estimate of drug-likeness (QED) is 0.211. The predicted octanol–water partition coefficient (Wildman–Crippen LogP) is 10.3. The maximum absolute atomic E-state index is 2.44. The van der Waals surface area contributed by atoms with E-state index in [2.05, 4.69) is 48.9 Å². The summed E-state index contributed by atoms with van der Waals surface area (Å²) in [5.41, 5.74) is 3.07. The molecule has 0 aliphatic carbocycles.